The maximum Gasteiger partial charge on any atom is 0.259 e. The molecule has 17 heavy (non-hydrogen) atoms. The van der Waals surface area contributed by atoms with Gasteiger partial charge in [0.25, 0.3) is 5.91 Å². The van der Waals surface area contributed by atoms with Crippen molar-refractivity contribution in [3.05, 3.63) is 46.6 Å². The van der Waals surface area contributed by atoms with E-state index in [1.165, 1.54) is 12.5 Å². The molecule has 1 N–H and O–H groups in total. The number of hydrogen-bond donors (Lipinski definition) is 1. The van der Waals surface area contributed by atoms with Crippen LogP contribution in [0.25, 0.3) is 0 Å². The first kappa shape index (κ1) is 11.7. The van der Waals surface area contributed by atoms with Crippen LogP contribution < -0.4 is 5.32 Å². The Balaban J connectivity index is 2.19. The van der Waals surface area contributed by atoms with Gasteiger partial charge in [0.2, 0.25) is 0 Å². The molecule has 88 valence electrons. The SMILES string of the molecule is Cc1cc(NC(=O)c2ccoc2C)cnc1Cl. The van der Waals surface area contributed by atoms with Crippen LogP contribution in [0.5, 0.6) is 0 Å². The molecule has 5 heteroatoms. The van der Waals surface area contributed by atoms with Gasteiger partial charge < -0.3 is 9.73 Å². The Morgan fingerprint density at radius 2 is 2.24 bits per heavy atom. The van der Waals surface area contributed by atoms with E-state index in [4.69, 9.17) is 16.0 Å². The molecule has 2 aromatic heterocycles. The fourth-order valence-corrected chi connectivity index (χ4v) is 1.55. The summed E-state index contributed by atoms with van der Waals surface area (Å²) in [4.78, 5) is 15.8. The third-order valence-electron chi connectivity index (χ3n) is 2.38. The van der Waals surface area contributed by atoms with E-state index in [9.17, 15) is 4.79 Å². The third kappa shape index (κ3) is 2.47. The number of amides is 1. The number of aromatic nitrogens is 1. The van der Waals surface area contributed by atoms with Crippen molar-refractivity contribution in [3.8, 4) is 0 Å². The summed E-state index contributed by atoms with van der Waals surface area (Å²) in [6.45, 7) is 3.56. The fourth-order valence-electron chi connectivity index (χ4n) is 1.45. The predicted molar refractivity (Wildman–Crippen MR) is 65.4 cm³/mol. The van der Waals surface area contributed by atoms with Crippen LogP contribution in [0.4, 0.5) is 5.69 Å². The number of anilines is 1. The standard InChI is InChI=1S/C12H11ClN2O2/c1-7-5-9(6-14-11(7)13)15-12(16)10-3-4-17-8(10)2/h3-6H,1-2H3,(H,15,16). The summed E-state index contributed by atoms with van der Waals surface area (Å²) in [5.41, 5.74) is 1.93. The molecule has 0 aliphatic heterocycles. The smallest absolute Gasteiger partial charge is 0.259 e. The van der Waals surface area contributed by atoms with Crippen molar-refractivity contribution in [3.63, 3.8) is 0 Å². The first-order chi connectivity index (χ1) is 8.08. The summed E-state index contributed by atoms with van der Waals surface area (Å²) in [5, 5.41) is 3.17. The largest absolute Gasteiger partial charge is 0.469 e. The zero-order valence-corrected chi connectivity index (χ0v) is 10.2. The van der Waals surface area contributed by atoms with Gasteiger partial charge in [0, 0.05) is 0 Å². The molecule has 0 spiro atoms. The Kier molecular flexibility index (Phi) is 3.15. The Bertz CT molecular complexity index is 563. The highest BCUT2D eigenvalue weighted by Crippen LogP contribution is 2.17. The molecule has 0 fully saturated rings. The lowest BCUT2D eigenvalue weighted by molar-refractivity contribution is 0.102. The molecule has 0 aliphatic rings. The molecule has 0 saturated heterocycles. The minimum Gasteiger partial charge on any atom is -0.469 e. The molecular weight excluding hydrogens is 240 g/mol. The Morgan fingerprint density at radius 1 is 1.47 bits per heavy atom. The van der Waals surface area contributed by atoms with Crippen LogP contribution in [0.2, 0.25) is 5.15 Å². The van der Waals surface area contributed by atoms with Gasteiger partial charge in [0.05, 0.1) is 23.7 Å². The maximum atomic E-state index is 11.9. The predicted octanol–water partition coefficient (Wildman–Crippen LogP) is 3.20. The van der Waals surface area contributed by atoms with E-state index in [2.05, 4.69) is 10.3 Å². The second kappa shape index (κ2) is 4.59. The highest BCUT2D eigenvalue weighted by molar-refractivity contribution is 6.30. The van der Waals surface area contributed by atoms with E-state index in [1.54, 1.807) is 19.1 Å². The minimum atomic E-state index is -0.222. The van der Waals surface area contributed by atoms with Gasteiger partial charge >= 0.3 is 0 Å². The van der Waals surface area contributed by atoms with Crippen LogP contribution in [0.3, 0.4) is 0 Å². The summed E-state index contributed by atoms with van der Waals surface area (Å²) in [5.74, 6) is 0.362. The number of carbonyl (C=O) groups excluding carboxylic acids is 1. The molecule has 0 saturated carbocycles. The number of rotatable bonds is 2. The van der Waals surface area contributed by atoms with Crippen LogP contribution in [-0.2, 0) is 0 Å². The van der Waals surface area contributed by atoms with Crippen molar-refractivity contribution < 1.29 is 9.21 Å². The number of pyridine rings is 1. The average molecular weight is 251 g/mol. The molecule has 0 aromatic carbocycles. The second-order valence-corrected chi connectivity index (χ2v) is 4.03. The quantitative estimate of drug-likeness (QED) is 0.833. The highest BCUT2D eigenvalue weighted by Gasteiger charge is 2.11. The van der Waals surface area contributed by atoms with Gasteiger partial charge in [-0.05, 0) is 31.5 Å². The van der Waals surface area contributed by atoms with Crippen LogP contribution in [0, 0.1) is 13.8 Å². The van der Waals surface area contributed by atoms with E-state index in [1.807, 2.05) is 6.92 Å². The normalized spacial score (nSPS) is 10.3. The summed E-state index contributed by atoms with van der Waals surface area (Å²) >= 11 is 5.80. The van der Waals surface area contributed by atoms with E-state index < -0.39 is 0 Å². The maximum absolute atomic E-state index is 11.9. The molecule has 0 unspecified atom stereocenters. The average Bonchev–Trinajstić information content (AvgIpc) is 2.70. The van der Waals surface area contributed by atoms with Crippen LogP contribution in [-0.4, -0.2) is 10.9 Å². The first-order valence-electron chi connectivity index (χ1n) is 5.05. The number of carbonyl (C=O) groups is 1. The molecule has 2 heterocycles. The Labute approximate surface area is 104 Å². The van der Waals surface area contributed by atoms with E-state index in [-0.39, 0.29) is 5.91 Å². The van der Waals surface area contributed by atoms with Crippen molar-refractivity contribution in [2.45, 2.75) is 13.8 Å². The zero-order valence-electron chi connectivity index (χ0n) is 9.45. The van der Waals surface area contributed by atoms with Gasteiger partial charge in [-0.15, -0.1) is 0 Å². The topological polar surface area (TPSA) is 55.1 Å². The summed E-state index contributed by atoms with van der Waals surface area (Å²) in [6, 6.07) is 3.39. The number of nitrogens with zero attached hydrogens (tertiary/aromatic N) is 1. The lowest BCUT2D eigenvalue weighted by Crippen LogP contribution is -2.12. The monoisotopic (exact) mass is 250 g/mol. The molecule has 0 aliphatic carbocycles. The Hall–Kier alpha value is -1.81. The highest BCUT2D eigenvalue weighted by atomic mass is 35.5. The molecular formula is C12H11ClN2O2. The van der Waals surface area contributed by atoms with Crippen LogP contribution in [0.15, 0.2) is 29.0 Å². The van der Waals surface area contributed by atoms with Crippen LogP contribution in [0.1, 0.15) is 21.7 Å². The molecule has 0 radical (unpaired) electrons. The van der Waals surface area contributed by atoms with Gasteiger partial charge in [-0.1, -0.05) is 11.6 Å². The lowest BCUT2D eigenvalue weighted by Gasteiger charge is -2.05. The van der Waals surface area contributed by atoms with Crippen molar-refractivity contribution in [1.29, 1.82) is 0 Å². The number of furan rings is 1. The molecule has 1 amide bonds. The summed E-state index contributed by atoms with van der Waals surface area (Å²) in [6.07, 6.45) is 3.00. The van der Waals surface area contributed by atoms with Crippen LogP contribution >= 0.6 is 11.6 Å². The van der Waals surface area contributed by atoms with Gasteiger partial charge in [-0.2, -0.15) is 0 Å². The number of halogens is 1. The van der Waals surface area contributed by atoms with E-state index in [0.29, 0.717) is 22.2 Å². The van der Waals surface area contributed by atoms with Gasteiger partial charge in [0.15, 0.2) is 0 Å². The Morgan fingerprint density at radius 3 is 2.82 bits per heavy atom. The van der Waals surface area contributed by atoms with E-state index >= 15 is 0 Å². The first-order valence-corrected chi connectivity index (χ1v) is 5.43. The number of aryl methyl sites for hydroxylation is 2. The fraction of sp³-hybridized carbons (Fsp3) is 0.167. The number of nitrogens with one attached hydrogen (secondary N) is 1. The van der Waals surface area contributed by atoms with Crippen molar-refractivity contribution in [2.75, 3.05) is 5.32 Å². The third-order valence-corrected chi connectivity index (χ3v) is 2.77. The van der Waals surface area contributed by atoms with Gasteiger partial charge in [-0.3, -0.25) is 4.79 Å². The minimum absolute atomic E-state index is 0.222. The second-order valence-electron chi connectivity index (χ2n) is 3.68. The van der Waals surface area contributed by atoms with Gasteiger partial charge in [-0.25, -0.2) is 4.98 Å². The molecule has 2 aromatic rings. The molecule has 4 nitrogen and oxygen atoms in total. The van der Waals surface area contributed by atoms with E-state index in [0.717, 1.165) is 5.56 Å². The van der Waals surface area contributed by atoms with Gasteiger partial charge in [0.1, 0.15) is 10.9 Å². The molecule has 0 atom stereocenters. The number of hydrogen-bond acceptors (Lipinski definition) is 3. The van der Waals surface area contributed by atoms with Crippen molar-refractivity contribution >= 4 is 23.2 Å². The molecule has 0 bridgehead atoms. The summed E-state index contributed by atoms with van der Waals surface area (Å²) < 4.78 is 5.07. The zero-order chi connectivity index (χ0) is 12.4. The van der Waals surface area contributed by atoms with Crippen molar-refractivity contribution in [1.82, 2.24) is 4.98 Å². The summed E-state index contributed by atoms with van der Waals surface area (Å²) in [7, 11) is 0. The lowest BCUT2D eigenvalue weighted by atomic mass is 10.2. The van der Waals surface area contributed by atoms with Crippen molar-refractivity contribution in [2.24, 2.45) is 0 Å². The molecule has 2 rings (SSSR count).